The van der Waals surface area contributed by atoms with Gasteiger partial charge in [-0.05, 0) is 43.9 Å². The molecule has 4 rings (SSSR count). The molecule has 3 aliphatic heterocycles. The number of allylic oxidation sites excluding steroid dienone is 3. The third kappa shape index (κ3) is 4.10. The van der Waals surface area contributed by atoms with Gasteiger partial charge < -0.3 is 14.5 Å². The van der Waals surface area contributed by atoms with E-state index in [1.165, 1.54) is 6.07 Å². The predicted molar refractivity (Wildman–Crippen MR) is 124 cm³/mol. The van der Waals surface area contributed by atoms with Gasteiger partial charge in [0.2, 0.25) is 11.8 Å². The normalized spacial score (nSPS) is 20.7. The fourth-order valence-corrected chi connectivity index (χ4v) is 5.37. The Kier molecular flexibility index (Phi) is 6.51. The number of likely N-dealkylation sites (tertiary alicyclic amines) is 1. The Labute approximate surface area is 199 Å². The molecular weight excluding hydrogens is 440 g/mol. The number of fused-ring (bicyclic) bond motifs is 1. The number of piperidine rings is 1. The molecule has 182 valence electrons. The van der Waals surface area contributed by atoms with Crippen LogP contribution < -0.4 is 0 Å². The van der Waals surface area contributed by atoms with Crippen LogP contribution in [0.25, 0.3) is 0 Å². The average molecular weight is 472 g/mol. The zero-order chi connectivity index (χ0) is 24.6. The summed E-state index contributed by atoms with van der Waals surface area (Å²) in [6.07, 6.45) is 6.01. The molecule has 0 unspecified atom stereocenters. The highest BCUT2D eigenvalue weighted by Gasteiger charge is 2.52. The van der Waals surface area contributed by atoms with Crippen molar-refractivity contribution in [1.82, 2.24) is 14.7 Å². The number of halogens is 2. The van der Waals surface area contributed by atoms with E-state index in [1.54, 1.807) is 13.8 Å². The summed E-state index contributed by atoms with van der Waals surface area (Å²) in [7, 11) is 0. The van der Waals surface area contributed by atoms with Crippen molar-refractivity contribution in [3.05, 3.63) is 70.4 Å². The lowest BCUT2D eigenvalue weighted by molar-refractivity contribution is -0.135. The maximum Gasteiger partial charge on any atom is 0.225 e. The monoisotopic (exact) mass is 471 g/mol. The second kappa shape index (κ2) is 9.24. The van der Waals surface area contributed by atoms with Crippen LogP contribution in [0, 0.1) is 11.6 Å². The van der Waals surface area contributed by atoms with Gasteiger partial charge >= 0.3 is 0 Å². The van der Waals surface area contributed by atoms with Crippen LogP contribution in [0.3, 0.4) is 0 Å². The van der Waals surface area contributed by atoms with Gasteiger partial charge in [0.05, 0.1) is 5.54 Å². The van der Waals surface area contributed by atoms with E-state index in [-0.39, 0.29) is 18.4 Å². The van der Waals surface area contributed by atoms with Crippen molar-refractivity contribution in [1.29, 1.82) is 0 Å². The number of amides is 2. The lowest BCUT2D eigenvalue weighted by atomic mass is 9.86. The number of nitrogens with zero attached hydrogens (tertiary/aromatic N) is 3. The molecule has 1 aromatic carbocycles. The molecule has 8 heteroatoms. The summed E-state index contributed by atoms with van der Waals surface area (Å²) < 4.78 is 33.1. The minimum absolute atomic E-state index is 0.0520. The average Bonchev–Trinajstić information content (AvgIpc) is 3.11. The van der Waals surface area contributed by atoms with Crippen LogP contribution in [0.5, 0.6) is 0 Å². The highest BCUT2D eigenvalue weighted by molar-refractivity contribution is 5.78. The third-order valence-electron chi connectivity index (χ3n) is 7.05. The Hall–Kier alpha value is -3.16. The molecule has 1 aromatic rings. The molecule has 3 heterocycles. The van der Waals surface area contributed by atoms with Crippen molar-refractivity contribution in [3.8, 4) is 0 Å². The summed E-state index contributed by atoms with van der Waals surface area (Å²) in [5.74, 6) is -0.430. The molecule has 34 heavy (non-hydrogen) atoms. The van der Waals surface area contributed by atoms with Gasteiger partial charge in [0, 0.05) is 50.8 Å². The van der Waals surface area contributed by atoms with Crippen LogP contribution in [0.2, 0.25) is 0 Å². The SMILES string of the molecule is C/C=C1\C(CC)=C(OCc2ccc(F)c(F)c2)C=C2N1CC1(CCN(C(C)=O)CC1)N2C(C)=O. The Morgan fingerprint density at radius 1 is 1.12 bits per heavy atom. The van der Waals surface area contributed by atoms with Crippen molar-refractivity contribution in [3.63, 3.8) is 0 Å². The molecule has 0 aliphatic carbocycles. The summed E-state index contributed by atoms with van der Waals surface area (Å²) in [5, 5.41) is 0. The van der Waals surface area contributed by atoms with Gasteiger partial charge in [0.25, 0.3) is 0 Å². The van der Waals surface area contributed by atoms with Crippen LogP contribution in [0.15, 0.2) is 53.2 Å². The number of hydrogen-bond donors (Lipinski definition) is 0. The largest absolute Gasteiger partial charge is 0.488 e. The molecular formula is C26H31F2N3O3. The van der Waals surface area contributed by atoms with E-state index < -0.39 is 17.2 Å². The molecule has 2 fully saturated rings. The van der Waals surface area contributed by atoms with Gasteiger partial charge in [0.1, 0.15) is 18.2 Å². The second-order valence-corrected chi connectivity index (χ2v) is 9.08. The first-order valence-corrected chi connectivity index (χ1v) is 11.7. The smallest absolute Gasteiger partial charge is 0.225 e. The highest BCUT2D eigenvalue weighted by Crippen LogP contribution is 2.46. The number of ether oxygens (including phenoxy) is 1. The van der Waals surface area contributed by atoms with E-state index >= 15 is 0 Å². The van der Waals surface area contributed by atoms with Crippen molar-refractivity contribution >= 4 is 11.8 Å². The number of carbonyl (C=O) groups excluding carboxylic acids is 2. The maximum atomic E-state index is 13.7. The Balaban J connectivity index is 1.67. The number of benzene rings is 1. The molecule has 0 saturated carbocycles. The zero-order valence-electron chi connectivity index (χ0n) is 20.2. The van der Waals surface area contributed by atoms with Gasteiger partial charge in [-0.1, -0.05) is 19.1 Å². The third-order valence-corrected chi connectivity index (χ3v) is 7.05. The van der Waals surface area contributed by atoms with E-state index in [0.29, 0.717) is 50.2 Å². The van der Waals surface area contributed by atoms with Crippen LogP contribution in [0.4, 0.5) is 8.78 Å². The van der Waals surface area contributed by atoms with Crippen LogP contribution in [-0.2, 0) is 20.9 Å². The van der Waals surface area contributed by atoms with Gasteiger partial charge in [-0.2, -0.15) is 0 Å². The van der Waals surface area contributed by atoms with E-state index in [4.69, 9.17) is 4.74 Å². The predicted octanol–water partition coefficient (Wildman–Crippen LogP) is 4.45. The molecule has 2 amide bonds. The minimum atomic E-state index is -0.912. The van der Waals surface area contributed by atoms with Gasteiger partial charge in [-0.3, -0.25) is 14.5 Å². The molecule has 0 atom stereocenters. The number of hydrogen-bond acceptors (Lipinski definition) is 4. The molecule has 1 spiro atoms. The van der Waals surface area contributed by atoms with Gasteiger partial charge in [0.15, 0.2) is 11.6 Å². The molecule has 0 aromatic heterocycles. The van der Waals surface area contributed by atoms with Crippen LogP contribution in [0.1, 0.15) is 52.5 Å². The summed E-state index contributed by atoms with van der Waals surface area (Å²) in [4.78, 5) is 30.7. The fraction of sp³-hybridized carbons (Fsp3) is 0.462. The maximum absolute atomic E-state index is 13.7. The van der Waals surface area contributed by atoms with Crippen molar-refractivity contribution in [2.24, 2.45) is 0 Å². The van der Waals surface area contributed by atoms with E-state index in [0.717, 1.165) is 29.2 Å². The Morgan fingerprint density at radius 3 is 2.38 bits per heavy atom. The first kappa shape index (κ1) is 24.0. The molecule has 6 nitrogen and oxygen atoms in total. The first-order chi connectivity index (χ1) is 16.2. The molecule has 2 saturated heterocycles. The Morgan fingerprint density at radius 2 is 1.82 bits per heavy atom. The van der Waals surface area contributed by atoms with E-state index in [9.17, 15) is 18.4 Å². The van der Waals surface area contributed by atoms with E-state index in [1.807, 2.05) is 35.8 Å². The minimum Gasteiger partial charge on any atom is -0.488 e. The van der Waals surface area contributed by atoms with Crippen LogP contribution in [-0.4, -0.2) is 51.7 Å². The fourth-order valence-electron chi connectivity index (χ4n) is 5.37. The lowest BCUT2D eigenvalue weighted by Gasteiger charge is -2.43. The summed E-state index contributed by atoms with van der Waals surface area (Å²) >= 11 is 0. The molecule has 0 N–H and O–H groups in total. The molecule has 3 aliphatic rings. The quantitative estimate of drug-likeness (QED) is 0.651. The van der Waals surface area contributed by atoms with Crippen molar-refractivity contribution in [2.75, 3.05) is 19.6 Å². The summed E-state index contributed by atoms with van der Waals surface area (Å²) in [5.41, 5.74) is 2.10. The van der Waals surface area contributed by atoms with E-state index in [2.05, 4.69) is 4.90 Å². The lowest BCUT2D eigenvalue weighted by Crippen LogP contribution is -2.55. The summed E-state index contributed by atoms with van der Waals surface area (Å²) in [6.45, 7) is 9.10. The Bertz CT molecular complexity index is 1100. The van der Waals surface area contributed by atoms with Gasteiger partial charge in [-0.25, -0.2) is 8.78 Å². The number of carbonyl (C=O) groups is 2. The second-order valence-electron chi connectivity index (χ2n) is 9.08. The zero-order valence-corrected chi connectivity index (χ0v) is 20.2. The topological polar surface area (TPSA) is 53.1 Å². The van der Waals surface area contributed by atoms with Gasteiger partial charge in [-0.15, -0.1) is 0 Å². The first-order valence-electron chi connectivity index (χ1n) is 11.7. The van der Waals surface area contributed by atoms with Crippen LogP contribution >= 0.6 is 0 Å². The standard InChI is InChI=1S/C26H31F2N3O3/c1-5-20-23(6-2)30-16-26(9-11-29(12-10-26)17(3)32)31(18(4)33)25(30)14-24(20)34-15-19-7-8-21(27)22(28)13-19/h6-8,13-14H,5,9-12,15-16H2,1-4H3/b23-6+. The van der Waals surface area contributed by atoms with Crippen molar-refractivity contribution < 1.29 is 23.1 Å². The highest BCUT2D eigenvalue weighted by atomic mass is 19.2. The van der Waals surface area contributed by atoms with Crippen molar-refractivity contribution in [2.45, 2.75) is 59.1 Å². The number of rotatable bonds is 4. The molecule has 0 bridgehead atoms. The molecule has 0 radical (unpaired) electrons. The summed E-state index contributed by atoms with van der Waals surface area (Å²) in [6, 6.07) is 3.72.